The number of hydrogen-bond donors (Lipinski definition) is 1. The van der Waals surface area contributed by atoms with E-state index in [4.69, 9.17) is 6.42 Å². The van der Waals surface area contributed by atoms with E-state index >= 15 is 0 Å². The third-order valence-corrected chi connectivity index (χ3v) is 2.67. The van der Waals surface area contributed by atoms with Gasteiger partial charge in [0, 0.05) is 12.5 Å². The van der Waals surface area contributed by atoms with E-state index in [0.717, 1.165) is 6.07 Å². The van der Waals surface area contributed by atoms with Crippen molar-refractivity contribution in [3.05, 3.63) is 35.4 Å². The molecule has 0 aliphatic heterocycles. The molecule has 1 aromatic rings. The maximum absolute atomic E-state index is 12.9. The van der Waals surface area contributed by atoms with Gasteiger partial charge in [-0.05, 0) is 24.6 Å². The number of alkyl halides is 3. The second-order valence-corrected chi connectivity index (χ2v) is 3.94. The third-order valence-electron chi connectivity index (χ3n) is 2.67. The average Bonchev–Trinajstić information content (AvgIpc) is 2.33. The van der Waals surface area contributed by atoms with Crippen molar-refractivity contribution >= 4 is 0 Å². The summed E-state index contributed by atoms with van der Waals surface area (Å²) >= 11 is 0. The van der Waals surface area contributed by atoms with Crippen LogP contribution in [-0.2, 0) is 6.18 Å². The standard InChI is InChI=1S/C14H16F3N/c1-3-5-10-13(18-4-2)11-8-6-7-9-12(11)14(15,16)17/h1,6-9,13,18H,4-5,10H2,2H3. The predicted molar refractivity (Wildman–Crippen MR) is 65.9 cm³/mol. The van der Waals surface area contributed by atoms with Gasteiger partial charge in [-0.3, -0.25) is 0 Å². The molecule has 0 heterocycles. The molecule has 0 aromatic heterocycles. The molecular formula is C14H16F3N. The lowest BCUT2D eigenvalue weighted by Crippen LogP contribution is -2.24. The number of terminal acetylenes is 1. The SMILES string of the molecule is C#CCCC(NCC)c1ccccc1C(F)(F)F. The lowest BCUT2D eigenvalue weighted by atomic mass is 9.96. The van der Waals surface area contributed by atoms with Gasteiger partial charge < -0.3 is 5.32 Å². The smallest absolute Gasteiger partial charge is 0.310 e. The van der Waals surface area contributed by atoms with Crippen LogP contribution in [0.15, 0.2) is 24.3 Å². The molecule has 98 valence electrons. The number of benzene rings is 1. The van der Waals surface area contributed by atoms with Crippen molar-refractivity contribution in [2.75, 3.05) is 6.54 Å². The molecule has 4 heteroatoms. The molecule has 1 nitrogen and oxygen atoms in total. The quantitative estimate of drug-likeness (QED) is 0.790. The van der Waals surface area contributed by atoms with Crippen LogP contribution in [0.1, 0.15) is 36.9 Å². The van der Waals surface area contributed by atoms with Crippen LogP contribution in [0.5, 0.6) is 0 Å². The second-order valence-electron chi connectivity index (χ2n) is 3.94. The molecule has 1 rings (SSSR count). The van der Waals surface area contributed by atoms with Gasteiger partial charge in [-0.15, -0.1) is 12.3 Å². The molecular weight excluding hydrogens is 239 g/mol. The van der Waals surface area contributed by atoms with E-state index in [1.807, 2.05) is 6.92 Å². The zero-order valence-corrected chi connectivity index (χ0v) is 10.2. The van der Waals surface area contributed by atoms with Crippen molar-refractivity contribution in [3.8, 4) is 12.3 Å². The lowest BCUT2D eigenvalue weighted by Gasteiger charge is -2.21. The van der Waals surface area contributed by atoms with Crippen LogP contribution >= 0.6 is 0 Å². The zero-order chi connectivity index (χ0) is 13.6. The summed E-state index contributed by atoms with van der Waals surface area (Å²) in [5.74, 6) is 2.46. The van der Waals surface area contributed by atoms with Crippen LogP contribution in [0.2, 0.25) is 0 Å². The number of nitrogens with one attached hydrogen (secondary N) is 1. The fourth-order valence-corrected chi connectivity index (χ4v) is 1.90. The van der Waals surface area contributed by atoms with Gasteiger partial charge in [0.05, 0.1) is 5.56 Å². The fourth-order valence-electron chi connectivity index (χ4n) is 1.90. The summed E-state index contributed by atoms with van der Waals surface area (Å²) in [6, 6.07) is 5.27. The highest BCUT2D eigenvalue weighted by Gasteiger charge is 2.34. The Labute approximate surface area is 105 Å². The molecule has 0 aliphatic carbocycles. The Morgan fingerprint density at radius 2 is 2.00 bits per heavy atom. The summed E-state index contributed by atoms with van der Waals surface area (Å²) in [4.78, 5) is 0. The van der Waals surface area contributed by atoms with Crippen LogP contribution in [0, 0.1) is 12.3 Å². The summed E-state index contributed by atoms with van der Waals surface area (Å²) in [5.41, 5.74) is -0.324. The maximum Gasteiger partial charge on any atom is 0.416 e. The first-order valence-corrected chi connectivity index (χ1v) is 5.83. The molecule has 0 saturated heterocycles. The topological polar surface area (TPSA) is 12.0 Å². The normalized spacial score (nSPS) is 13.1. The van der Waals surface area contributed by atoms with Crippen LogP contribution < -0.4 is 5.32 Å². The Hall–Kier alpha value is -1.47. The van der Waals surface area contributed by atoms with Crippen molar-refractivity contribution in [1.82, 2.24) is 5.32 Å². The minimum Gasteiger partial charge on any atom is -0.310 e. The third kappa shape index (κ3) is 3.78. The van der Waals surface area contributed by atoms with E-state index in [0.29, 0.717) is 19.4 Å². The van der Waals surface area contributed by atoms with Crippen LogP contribution in [0.25, 0.3) is 0 Å². The van der Waals surface area contributed by atoms with E-state index in [-0.39, 0.29) is 11.6 Å². The molecule has 18 heavy (non-hydrogen) atoms. The Balaban J connectivity index is 3.07. The van der Waals surface area contributed by atoms with Gasteiger partial charge in [-0.2, -0.15) is 13.2 Å². The van der Waals surface area contributed by atoms with Crippen LogP contribution in [-0.4, -0.2) is 6.54 Å². The largest absolute Gasteiger partial charge is 0.416 e. The zero-order valence-electron chi connectivity index (χ0n) is 10.2. The van der Waals surface area contributed by atoms with Gasteiger partial charge in [-0.25, -0.2) is 0 Å². The van der Waals surface area contributed by atoms with Crippen molar-refractivity contribution in [1.29, 1.82) is 0 Å². The summed E-state index contributed by atoms with van der Waals surface area (Å²) in [7, 11) is 0. The number of rotatable bonds is 5. The van der Waals surface area contributed by atoms with Gasteiger partial charge in [0.2, 0.25) is 0 Å². The minimum absolute atomic E-state index is 0.266. The van der Waals surface area contributed by atoms with E-state index < -0.39 is 11.7 Å². The first-order valence-electron chi connectivity index (χ1n) is 5.83. The summed E-state index contributed by atoms with van der Waals surface area (Å²) in [6.45, 7) is 2.46. The number of halogens is 3. The molecule has 0 spiro atoms. The van der Waals surface area contributed by atoms with Crippen molar-refractivity contribution < 1.29 is 13.2 Å². The lowest BCUT2D eigenvalue weighted by molar-refractivity contribution is -0.138. The highest BCUT2D eigenvalue weighted by atomic mass is 19.4. The van der Waals surface area contributed by atoms with E-state index in [1.54, 1.807) is 6.07 Å². The monoisotopic (exact) mass is 255 g/mol. The number of hydrogen-bond acceptors (Lipinski definition) is 1. The highest BCUT2D eigenvalue weighted by Crippen LogP contribution is 2.35. The van der Waals surface area contributed by atoms with E-state index in [2.05, 4.69) is 11.2 Å². The van der Waals surface area contributed by atoms with Crippen molar-refractivity contribution in [3.63, 3.8) is 0 Å². The van der Waals surface area contributed by atoms with Gasteiger partial charge in [0.1, 0.15) is 0 Å². The second kappa shape index (κ2) is 6.46. The van der Waals surface area contributed by atoms with Crippen molar-refractivity contribution in [2.24, 2.45) is 0 Å². The van der Waals surface area contributed by atoms with E-state index in [9.17, 15) is 13.2 Å². The van der Waals surface area contributed by atoms with Crippen molar-refractivity contribution in [2.45, 2.75) is 32.0 Å². The molecule has 0 radical (unpaired) electrons. The predicted octanol–water partition coefficient (Wildman–Crippen LogP) is 3.77. The molecule has 1 aromatic carbocycles. The highest BCUT2D eigenvalue weighted by molar-refractivity contribution is 5.32. The Kier molecular flexibility index (Phi) is 5.24. The Morgan fingerprint density at radius 3 is 2.56 bits per heavy atom. The molecule has 0 saturated carbocycles. The molecule has 0 aliphatic rings. The minimum atomic E-state index is -4.33. The van der Waals surface area contributed by atoms with Crippen LogP contribution in [0.3, 0.4) is 0 Å². The summed E-state index contributed by atoms with van der Waals surface area (Å²) in [6.07, 6.45) is 1.79. The first kappa shape index (κ1) is 14.6. The molecule has 0 fully saturated rings. The van der Waals surface area contributed by atoms with Gasteiger partial charge >= 0.3 is 6.18 Å². The van der Waals surface area contributed by atoms with Gasteiger partial charge in [0.25, 0.3) is 0 Å². The molecule has 1 unspecified atom stereocenters. The summed E-state index contributed by atoms with van der Waals surface area (Å²) in [5, 5.41) is 3.05. The van der Waals surface area contributed by atoms with Gasteiger partial charge in [-0.1, -0.05) is 25.1 Å². The Bertz CT molecular complexity index is 418. The average molecular weight is 255 g/mol. The molecule has 0 amide bonds. The summed E-state index contributed by atoms with van der Waals surface area (Å²) < 4.78 is 38.7. The Morgan fingerprint density at radius 1 is 1.33 bits per heavy atom. The molecule has 1 N–H and O–H groups in total. The molecule has 0 bridgehead atoms. The van der Waals surface area contributed by atoms with Crippen LogP contribution in [0.4, 0.5) is 13.2 Å². The van der Waals surface area contributed by atoms with E-state index in [1.165, 1.54) is 12.1 Å². The fraction of sp³-hybridized carbons (Fsp3) is 0.429. The van der Waals surface area contributed by atoms with Gasteiger partial charge in [0.15, 0.2) is 0 Å². The molecule has 1 atom stereocenters. The first-order chi connectivity index (χ1) is 8.50. The maximum atomic E-state index is 12.9.